The third kappa shape index (κ3) is 4.40. The van der Waals surface area contributed by atoms with E-state index in [4.69, 9.17) is 9.47 Å². The van der Waals surface area contributed by atoms with E-state index in [2.05, 4.69) is 0 Å². The molecule has 2 atom stereocenters. The molecule has 3 rings (SSSR count). The fourth-order valence-electron chi connectivity index (χ4n) is 2.96. The Kier molecular flexibility index (Phi) is 5.56. The average Bonchev–Trinajstić information content (AvgIpc) is 3.30. The van der Waals surface area contributed by atoms with Crippen molar-refractivity contribution >= 4 is 0 Å². The first kappa shape index (κ1) is 16.6. The molecule has 1 fully saturated rings. The summed E-state index contributed by atoms with van der Waals surface area (Å²) >= 11 is 0. The van der Waals surface area contributed by atoms with Crippen LogP contribution in [0.5, 0.6) is 0 Å². The van der Waals surface area contributed by atoms with E-state index in [1.807, 2.05) is 60.7 Å². The zero-order valence-electron chi connectivity index (χ0n) is 13.4. The Balaban J connectivity index is 1.42. The van der Waals surface area contributed by atoms with Gasteiger partial charge in [0.2, 0.25) is 6.04 Å². The van der Waals surface area contributed by atoms with Crippen molar-refractivity contribution in [1.82, 2.24) is 0 Å². The summed E-state index contributed by atoms with van der Waals surface area (Å²) in [5.74, 6) is -0.112. The first-order valence-corrected chi connectivity index (χ1v) is 8.12. The summed E-state index contributed by atoms with van der Waals surface area (Å²) < 4.78 is 11.3. The molecule has 0 saturated heterocycles. The van der Waals surface area contributed by atoms with Crippen LogP contribution in [0.4, 0.5) is 0 Å². The maximum atomic E-state index is 11.1. The van der Waals surface area contributed by atoms with Crippen molar-refractivity contribution in [2.45, 2.75) is 19.3 Å². The smallest absolute Gasteiger partial charge is 0.224 e. The molecule has 1 aliphatic carbocycles. The summed E-state index contributed by atoms with van der Waals surface area (Å²) in [5.41, 5.74) is 2.15. The maximum absolute atomic E-state index is 11.1. The zero-order valence-corrected chi connectivity index (χ0v) is 13.4. The highest BCUT2D eigenvalue weighted by Crippen LogP contribution is 2.42. The van der Waals surface area contributed by atoms with Crippen LogP contribution in [0.15, 0.2) is 60.7 Å². The van der Waals surface area contributed by atoms with E-state index >= 15 is 0 Å². The maximum Gasteiger partial charge on any atom is 0.224 e. The standard InChI is InChI=1S/C19H21NO4/c21-20(22)19-17(13-23-11-15-7-3-1-4-8-15)18(19)14-24-12-16-9-5-2-6-10-16/h1-10,17-19H,11-14H2/t17-,18-/m0/s1. The van der Waals surface area contributed by atoms with Crippen molar-refractivity contribution in [2.75, 3.05) is 13.2 Å². The van der Waals surface area contributed by atoms with Gasteiger partial charge >= 0.3 is 0 Å². The van der Waals surface area contributed by atoms with Gasteiger partial charge in [-0.3, -0.25) is 10.1 Å². The van der Waals surface area contributed by atoms with Crippen LogP contribution in [0.25, 0.3) is 0 Å². The van der Waals surface area contributed by atoms with Crippen LogP contribution >= 0.6 is 0 Å². The van der Waals surface area contributed by atoms with Crippen molar-refractivity contribution in [3.05, 3.63) is 81.9 Å². The lowest BCUT2D eigenvalue weighted by Gasteiger charge is -2.04. The van der Waals surface area contributed by atoms with Gasteiger partial charge in [-0.05, 0) is 11.1 Å². The Hall–Kier alpha value is -2.24. The van der Waals surface area contributed by atoms with E-state index in [9.17, 15) is 10.1 Å². The van der Waals surface area contributed by atoms with Crippen molar-refractivity contribution in [1.29, 1.82) is 0 Å². The third-order valence-electron chi connectivity index (χ3n) is 4.37. The van der Waals surface area contributed by atoms with Gasteiger partial charge in [0.25, 0.3) is 0 Å². The van der Waals surface area contributed by atoms with Gasteiger partial charge in [-0.15, -0.1) is 0 Å². The number of benzene rings is 2. The first-order chi connectivity index (χ1) is 11.8. The van der Waals surface area contributed by atoms with Gasteiger partial charge in [-0.25, -0.2) is 0 Å². The highest BCUT2D eigenvalue weighted by Gasteiger charge is 2.60. The number of rotatable bonds is 9. The minimum atomic E-state index is -0.545. The van der Waals surface area contributed by atoms with E-state index in [1.54, 1.807) is 0 Å². The second kappa shape index (κ2) is 8.04. The molecule has 0 spiro atoms. The number of nitro groups is 1. The van der Waals surface area contributed by atoms with Gasteiger partial charge in [0.1, 0.15) is 0 Å². The quantitative estimate of drug-likeness (QED) is 0.524. The molecule has 2 aromatic carbocycles. The molecular formula is C19H21NO4. The van der Waals surface area contributed by atoms with E-state index < -0.39 is 6.04 Å². The largest absolute Gasteiger partial charge is 0.376 e. The molecule has 1 aliphatic rings. The Morgan fingerprint density at radius 3 is 1.58 bits per heavy atom. The molecule has 0 heterocycles. The van der Waals surface area contributed by atoms with E-state index in [1.165, 1.54) is 0 Å². The average molecular weight is 327 g/mol. The van der Waals surface area contributed by atoms with E-state index in [-0.39, 0.29) is 16.8 Å². The first-order valence-electron chi connectivity index (χ1n) is 8.12. The van der Waals surface area contributed by atoms with Crippen molar-refractivity contribution in [2.24, 2.45) is 11.8 Å². The van der Waals surface area contributed by atoms with Gasteiger partial charge in [0, 0.05) is 4.92 Å². The number of nitrogens with zero attached hydrogens (tertiary/aromatic N) is 1. The zero-order chi connectivity index (χ0) is 16.8. The highest BCUT2D eigenvalue weighted by atomic mass is 16.6. The molecule has 0 bridgehead atoms. The molecule has 0 unspecified atom stereocenters. The predicted molar refractivity (Wildman–Crippen MR) is 90.0 cm³/mol. The summed E-state index contributed by atoms with van der Waals surface area (Å²) in [6.07, 6.45) is 0. The van der Waals surface area contributed by atoms with Crippen LogP contribution in [-0.4, -0.2) is 24.2 Å². The van der Waals surface area contributed by atoms with Gasteiger partial charge in [-0.2, -0.15) is 0 Å². The summed E-state index contributed by atoms with van der Waals surface area (Å²) in [7, 11) is 0. The highest BCUT2D eigenvalue weighted by molar-refractivity contribution is 5.14. The molecule has 5 heteroatoms. The van der Waals surface area contributed by atoms with E-state index in [0.717, 1.165) is 11.1 Å². The monoisotopic (exact) mass is 327 g/mol. The second-order valence-corrected chi connectivity index (χ2v) is 6.11. The Morgan fingerprint density at radius 1 is 0.792 bits per heavy atom. The van der Waals surface area contributed by atoms with Gasteiger partial charge in [-0.1, -0.05) is 60.7 Å². The van der Waals surface area contributed by atoms with Crippen LogP contribution in [0, 0.1) is 22.0 Å². The second-order valence-electron chi connectivity index (χ2n) is 6.11. The minimum Gasteiger partial charge on any atom is -0.376 e. The molecule has 0 aliphatic heterocycles. The van der Waals surface area contributed by atoms with Crippen LogP contribution in [0.1, 0.15) is 11.1 Å². The fraction of sp³-hybridized carbons (Fsp3) is 0.368. The van der Waals surface area contributed by atoms with Crippen molar-refractivity contribution in [3.8, 4) is 0 Å². The van der Waals surface area contributed by atoms with Crippen LogP contribution < -0.4 is 0 Å². The van der Waals surface area contributed by atoms with Crippen LogP contribution in [-0.2, 0) is 22.7 Å². The molecular weight excluding hydrogens is 306 g/mol. The number of hydrogen-bond acceptors (Lipinski definition) is 4. The summed E-state index contributed by atoms with van der Waals surface area (Å²) in [6, 6.07) is 19.1. The van der Waals surface area contributed by atoms with Crippen molar-refractivity contribution in [3.63, 3.8) is 0 Å². The minimum absolute atomic E-state index is 0.0560. The molecule has 2 aromatic rings. The Labute approximate surface area is 141 Å². The molecule has 5 nitrogen and oxygen atoms in total. The third-order valence-corrected chi connectivity index (χ3v) is 4.37. The van der Waals surface area contributed by atoms with Gasteiger partial charge in [0.05, 0.1) is 38.3 Å². The van der Waals surface area contributed by atoms with Crippen LogP contribution in [0.3, 0.4) is 0 Å². The molecule has 0 aromatic heterocycles. The molecule has 24 heavy (non-hydrogen) atoms. The molecule has 126 valence electrons. The van der Waals surface area contributed by atoms with Crippen LogP contribution in [0.2, 0.25) is 0 Å². The Bertz CT molecular complexity index is 595. The SMILES string of the molecule is O=[N+]([O-])C1[C@@H](COCc2ccccc2)[C@@H]1COCc1ccccc1. The number of ether oxygens (including phenoxy) is 2. The van der Waals surface area contributed by atoms with Gasteiger partial charge < -0.3 is 9.47 Å². The molecule has 0 radical (unpaired) electrons. The molecule has 1 saturated carbocycles. The van der Waals surface area contributed by atoms with Gasteiger partial charge in [0.15, 0.2) is 0 Å². The van der Waals surface area contributed by atoms with Crippen molar-refractivity contribution < 1.29 is 14.4 Å². The lowest BCUT2D eigenvalue weighted by molar-refractivity contribution is -0.502. The molecule has 0 N–H and O–H groups in total. The lowest BCUT2D eigenvalue weighted by Crippen LogP contribution is -2.08. The summed E-state index contributed by atoms with van der Waals surface area (Å²) in [5, 5.41) is 11.1. The topological polar surface area (TPSA) is 61.6 Å². The summed E-state index contributed by atoms with van der Waals surface area (Å²) in [4.78, 5) is 10.9. The predicted octanol–water partition coefficient (Wildman–Crippen LogP) is 3.31. The fourth-order valence-corrected chi connectivity index (χ4v) is 2.96. The normalized spacial score (nSPS) is 22.2. The molecule has 0 amide bonds. The summed E-state index contributed by atoms with van der Waals surface area (Å²) in [6.45, 7) is 1.78. The lowest BCUT2D eigenvalue weighted by atomic mass is 10.2. The number of hydrogen-bond donors (Lipinski definition) is 0. The Morgan fingerprint density at radius 2 is 1.21 bits per heavy atom. The van der Waals surface area contributed by atoms with E-state index in [0.29, 0.717) is 26.4 Å².